The van der Waals surface area contributed by atoms with Crippen molar-refractivity contribution in [2.24, 2.45) is 17.8 Å². The van der Waals surface area contributed by atoms with Crippen molar-refractivity contribution in [3.63, 3.8) is 0 Å². The molecule has 0 unspecified atom stereocenters. The number of nitro benzene ring substituents is 1. The van der Waals surface area contributed by atoms with E-state index in [0.29, 0.717) is 17.8 Å². The number of rotatable bonds is 4. The Morgan fingerprint density at radius 2 is 2.14 bits per heavy atom. The van der Waals surface area contributed by atoms with Gasteiger partial charge in [-0.15, -0.1) is 0 Å². The summed E-state index contributed by atoms with van der Waals surface area (Å²) in [6.07, 6.45) is 2.50. The molecule has 1 saturated carbocycles. The molecule has 2 aliphatic rings. The van der Waals surface area contributed by atoms with Crippen molar-refractivity contribution in [2.75, 3.05) is 6.61 Å². The predicted octanol–water partition coefficient (Wildman–Crippen LogP) is 2.79. The molecule has 5 heteroatoms. The Bertz CT molecular complexity index is 546. The third-order valence-electron chi connectivity index (χ3n) is 5.03. The fraction of sp³-hybridized carbons (Fsp3) is 0.625. The van der Waals surface area contributed by atoms with Gasteiger partial charge in [-0.1, -0.05) is 0 Å². The molecule has 1 aromatic carbocycles. The Labute approximate surface area is 131 Å². The van der Waals surface area contributed by atoms with Crippen molar-refractivity contribution in [3.05, 3.63) is 34.4 Å². The molecule has 1 aliphatic heterocycles. The van der Waals surface area contributed by atoms with Crippen molar-refractivity contribution in [1.29, 1.82) is 0 Å². The maximum atomic E-state index is 11.1. The van der Waals surface area contributed by atoms with Crippen LogP contribution in [0.2, 0.25) is 5.32 Å². The van der Waals surface area contributed by atoms with Crippen LogP contribution in [-0.4, -0.2) is 32.1 Å². The second-order valence-corrected chi connectivity index (χ2v) is 8.79. The first-order valence-electron chi connectivity index (χ1n) is 7.49. The molecular weight excluding hydrogens is 333 g/mol. The van der Waals surface area contributed by atoms with Gasteiger partial charge in [0.1, 0.15) is 0 Å². The van der Waals surface area contributed by atoms with Crippen LogP contribution in [-0.2, 0) is 4.74 Å². The van der Waals surface area contributed by atoms with Crippen LogP contribution in [0.5, 0.6) is 0 Å². The zero-order chi connectivity index (χ0) is 15.0. The number of benzene rings is 1. The molecular formula is C16H21NO3Se. The van der Waals surface area contributed by atoms with E-state index in [-0.39, 0.29) is 31.2 Å². The molecule has 21 heavy (non-hydrogen) atoms. The summed E-state index contributed by atoms with van der Waals surface area (Å²) in [4.78, 5) is 10.8. The quantitative estimate of drug-likeness (QED) is 0.475. The number of ether oxygens (including phenoxy) is 1. The van der Waals surface area contributed by atoms with Crippen LogP contribution in [0.3, 0.4) is 0 Å². The van der Waals surface area contributed by atoms with Crippen LogP contribution in [0.25, 0.3) is 0 Å². The maximum absolute atomic E-state index is 11.1. The number of para-hydroxylation sites is 1. The Balaban J connectivity index is 1.66. The minimum absolute atomic E-state index is 0.0190. The van der Waals surface area contributed by atoms with Crippen LogP contribution >= 0.6 is 0 Å². The molecule has 1 saturated heterocycles. The first-order chi connectivity index (χ1) is 9.99. The Hall–Kier alpha value is -0.901. The van der Waals surface area contributed by atoms with Gasteiger partial charge in [0.05, 0.1) is 0 Å². The van der Waals surface area contributed by atoms with Gasteiger partial charge in [-0.2, -0.15) is 0 Å². The molecule has 3 rings (SSSR count). The monoisotopic (exact) mass is 355 g/mol. The summed E-state index contributed by atoms with van der Waals surface area (Å²) in [5.41, 5.74) is 0.306. The number of nitrogens with zero attached hydrogens (tertiary/aromatic N) is 1. The Morgan fingerprint density at radius 1 is 1.38 bits per heavy atom. The number of fused-ring (bicyclic) bond motifs is 1. The average Bonchev–Trinajstić information content (AvgIpc) is 2.99. The van der Waals surface area contributed by atoms with Gasteiger partial charge in [-0.25, -0.2) is 0 Å². The van der Waals surface area contributed by atoms with Crippen LogP contribution in [0.4, 0.5) is 5.69 Å². The molecule has 0 amide bonds. The third-order valence-corrected chi connectivity index (χ3v) is 7.65. The molecule has 2 fully saturated rings. The van der Waals surface area contributed by atoms with Gasteiger partial charge >= 0.3 is 131 Å². The Morgan fingerprint density at radius 3 is 2.90 bits per heavy atom. The molecule has 0 radical (unpaired) electrons. The van der Waals surface area contributed by atoms with E-state index >= 15 is 0 Å². The summed E-state index contributed by atoms with van der Waals surface area (Å²) in [5.74, 6) is 2.00. The van der Waals surface area contributed by atoms with Gasteiger partial charge in [0, 0.05) is 0 Å². The van der Waals surface area contributed by atoms with Crippen LogP contribution in [0, 0.1) is 27.9 Å². The number of nitro groups is 1. The molecule has 114 valence electrons. The molecule has 4 nitrogen and oxygen atoms in total. The molecule has 1 aromatic rings. The van der Waals surface area contributed by atoms with Crippen LogP contribution in [0.1, 0.15) is 26.7 Å². The van der Waals surface area contributed by atoms with Gasteiger partial charge in [-0.05, 0) is 0 Å². The summed E-state index contributed by atoms with van der Waals surface area (Å²) in [7, 11) is 0. The van der Waals surface area contributed by atoms with Crippen LogP contribution < -0.4 is 4.46 Å². The first kappa shape index (κ1) is 15.0. The summed E-state index contributed by atoms with van der Waals surface area (Å²) >= 11 is 0.177. The summed E-state index contributed by atoms with van der Waals surface area (Å²) in [6.45, 7) is 5.27. The second-order valence-electron chi connectivity index (χ2n) is 6.56. The van der Waals surface area contributed by atoms with Crippen molar-refractivity contribution in [1.82, 2.24) is 0 Å². The summed E-state index contributed by atoms with van der Waals surface area (Å²) in [5, 5.41) is 12.2. The molecule has 0 spiro atoms. The second kappa shape index (κ2) is 5.71. The SMILES string of the molecule is CC1(C)OC[C@H]2[C@@H](C[Se]c3ccccc3[N+](=O)[O-])CC[C@H]21. The number of hydrogen-bond acceptors (Lipinski definition) is 3. The number of hydrogen-bond donors (Lipinski definition) is 0. The van der Waals surface area contributed by atoms with E-state index in [1.165, 1.54) is 12.8 Å². The molecule has 0 bridgehead atoms. The molecule has 1 heterocycles. The van der Waals surface area contributed by atoms with E-state index in [1.54, 1.807) is 12.1 Å². The van der Waals surface area contributed by atoms with Crippen LogP contribution in [0.15, 0.2) is 24.3 Å². The first-order valence-corrected chi connectivity index (χ1v) is 9.56. The van der Waals surface area contributed by atoms with Gasteiger partial charge in [0.25, 0.3) is 0 Å². The fourth-order valence-electron chi connectivity index (χ4n) is 3.82. The summed E-state index contributed by atoms with van der Waals surface area (Å²) in [6, 6.07) is 7.19. The molecule has 3 atom stereocenters. The zero-order valence-electron chi connectivity index (χ0n) is 12.5. The van der Waals surface area contributed by atoms with Crippen molar-refractivity contribution >= 4 is 25.1 Å². The molecule has 0 N–H and O–H groups in total. The van der Waals surface area contributed by atoms with E-state index in [4.69, 9.17) is 4.74 Å². The van der Waals surface area contributed by atoms with E-state index in [2.05, 4.69) is 13.8 Å². The van der Waals surface area contributed by atoms with E-state index in [1.807, 2.05) is 12.1 Å². The Kier molecular flexibility index (Phi) is 4.08. The van der Waals surface area contributed by atoms with Crippen molar-refractivity contribution in [2.45, 2.75) is 37.6 Å². The van der Waals surface area contributed by atoms with Gasteiger partial charge in [0.2, 0.25) is 0 Å². The topological polar surface area (TPSA) is 52.4 Å². The predicted molar refractivity (Wildman–Crippen MR) is 83.0 cm³/mol. The normalized spacial score (nSPS) is 30.3. The van der Waals surface area contributed by atoms with Gasteiger partial charge in [0.15, 0.2) is 0 Å². The van der Waals surface area contributed by atoms with Crippen molar-refractivity contribution < 1.29 is 9.66 Å². The summed E-state index contributed by atoms with van der Waals surface area (Å²) < 4.78 is 6.88. The standard InChI is InChI=1S/C16H21NO3Se/c1-16(2)13-8-7-11(12(13)9-20-16)10-21-15-6-4-3-5-14(15)17(18)19/h3-6,11-13H,7-10H2,1-2H3/t11-,12+,13-/m1/s1. The van der Waals surface area contributed by atoms with Gasteiger partial charge in [-0.3, -0.25) is 0 Å². The fourth-order valence-corrected chi connectivity index (χ4v) is 6.49. The molecule has 0 aromatic heterocycles. The average molecular weight is 354 g/mol. The van der Waals surface area contributed by atoms with E-state index in [9.17, 15) is 10.1 Å². The van der Waals surface area contributed by atoms with E-state index < -0.39 is 0 Å². The molecule has 1 aliphatic carbocycles. The minimum atomic E-state index is -0.254. The van der Waals surface area contributed by atoms with Gasteiger partial charge < -0.3 is 0 Å². The van der Waals surface area contributed by atoms with Crippen molar-refractivity contribution in [3.8, 4) is 0 Å². The van der Waals surface area contributed by atoms with E-state index in [0.717, 1.165) is 16.4 Å². The zero-order valence-corrected chi connectivity index (χ0v) is 14.2. The third kappa shape index (κ3) is 2.87.